The van der Waals surface area contributed by atoms with Crippen molar-refractivity contribution < 1.29 is 33.0 Å². The molecule has 1 aliphatic rings. The Morgan fingerprint density at radius 2 is 1.63 bits per heavy atom. The predicted octanol–water partition coefficient (Wildman–Crippen LogP) is 3.14. The van der Waals surface area contributed by atoms with E-state index < -0.39 is 17.8 Å². The summed E-state index contributed by atoms with van der Waals surface area (Å²) in [5.41, 5.74) is 1.59. The van der Waals surface area contributed by atoms with E-state index >= 15 is 0 Å². The van der Waals surface area contributed by atoms with Crippen LogP contribution in [0.15, 0.2) is 66.7 Å². The SMILES string of the molecule is COc1ccc(CN2C(=O)NC(=O)C2=O)cc1CNC(=O)c1ccc(Oc2ccc(F)cc2)cc1. The second kappa shape index (κ2) is 10.0. The number of carbonyl (C=O) groups excluding carboxylic acids is 4. The number of amides is 5. The van der Waals surface area contributed by atoms with Crippen LogP contribution in [-0.2, 0) is 22.7 Å². The predicted molar refractivity (Wildman–Crippen MR) is 121 cm³/mol. The molecular weight excluding hydrogens is 457 g/mol. The third kappa shape index (κ3) is 5.44. The molecule has 0 radical (unpaired) electrons. The lowest BCUT2D eigenvalue weighted by Gasteiger charge is -2.15. The van der Waals surface area contributed by atoms with Gasteiger partial charge in [0.1, 0.15) is 23.1 Å². The van der Waals surface area contributed by atoms with Gasteiger partial charge in [0, 0.05) is 17.7 Å². The first-order chi connectivity index (χ1) is 16.8. The van der Waals surface area contributed by atoms with E-state index in [1.807, 2.05) is 5.32 Å². The second-order valence-corrected chi connectivity index (χ2v) is 7.56. The molecule has 0 spiro atoms. The molecule has 3 aromatic rings. The monoisotopic (exact) mass is 477 g/mol. The van der Waals surface area contributed by atoms with Crippen molar-refractivity contribution in [2.24, 2.45) is 0 Å². The second-order valence-electron chi connectivity index (χ2n) is 7.56. The lowest BCUT2D eigenvalue weighted by molar-refractivity contribution is -0.140. The van der Waals surface area contributed by atoms with Crippen LogP contribution < -0.4 is 20.1 Å². The van der Waals surface area contributed by atoms with Gasteiger partial charge < -0.3 is 14.8 Å². The highest BCUT2D eigenvalue weighted by Gasteiger charge is 2.36. The molecule has 178 valence electrons. The number of carbonyl (C=O) groups is 4. The van der Waals surface area contributed by atoms with E-state index in [0.29, 0.717) is 33.9 Å². The summed E-state index contributed by atoms with van der Waals surface area (Å²) in [6.07, 6.45) is 0. The van der Waals surface area contributed by atoms with Gasteiger partial charge in [-0.05, 0) is 66.2 Å². The number of rotatable bonds is 8. The van der Waals surface area contributed by atoms with Gasteiger partial charge in [-0.25, -0.2) is 9.18 Å². The van der Waals surface area contributed by atoms with Crippen molar-refractivity contribution in [1.29, 1.82) is 0 Å². The van der Waals surface area contributed by atoms with Crippen LogP contribution in [0.4, 0.5) is 9.18 Å². The molecule has 10 heteroatoms. The average Bonchev–Trinajstić information content (AvgIpc) is 3.10. The maximum absolute atomic E-state index is 13.0. The van der Waals surface area contributed by atoms with Crippen molar-refractivity contribution in [2.75, 3.05) is 7.11 Å². The van der Waals surface area contributed by atoms with Gasteiger partial charge in [-0.15, -0.1) is 0 Å². The Morgan fingerprint density at radius 3 is 2.23 bits per heavy atom. The number of urea groups is 1. The van der Waals surface area contributed by atoms with E-state index in [1.165, 1.54) is 31.4 Å². The molecule has 2 N–H and O–H groups in total. The number of benzene rings is 3. The van der Waals surface area contributed by atoms with E-state index in [-0.39, 0.29) is 24.8 Å². The summed E-state index contributed by atoms with van der Waals surface area (Å²) in [5.74, 6) is -1.14. The minimum Gasteiger partial charge on any atom is -0.496 e. The summed E-state index contributed by atoms with van der Waals surface area (Å²) in [7, 11) is 1.48. The van der Waals surface area contributed by atoms with Gasteiger partial charge in [-0.3, -0.25) is 24.6 Å². The number of halogens is 1. The van der Waals surface area contributed by atoms with Crippen LogP contribution >= 0.6 is 0 Å². The standard InChI is InChI=1S/C25H20FN3O6/c1-34-21-11-2-15(14-29-24(32)23(31)28-25(29)33)12-17(21)13-27-22(30)16-3-7-19(8-4-16)35-20-9-5-18(26)6-10-20/h2-12H,13-14H2,1H3,(H,27,30)(H,28,31,33). The van der Waals surface area contributed by atoms with Crippen molar-refractivity contribution in [3.63, 3.8) is 0 Å². The fraction of sp³-hybridized carbons (Fsp3) is 0.120. The van der Waals surface area contributed by atoms with Crippen molar-refractivity contribution in [3.8, 4) is 17.2 Å². The van der Waals surface area contributed by atoms with Gasteiger partial charge in [-0.1, -0.05) is 6.07 Å². The number of nitrogens with one attached hydrogen (secondary N) is 2. The van der Waals surface area contributed by atoms with Gasteiger partial charge >= 0.3 is 17.8 Å². The molecular formula is C25H20FN3O6. The molecule has 0 bridgehead atoms. The summed E-state index contributed by atoms with van der Waals surface area (Å²) in [5, 5.41) is 4.74. The van der Waals surface area contributed by atoms with Crippen molar-refractivity contribution in [1.82, 2.24) is 15.5 Å². The van der Waals surface area contributed by atoms with Gasteiger partial charge in [-0.2, -0.15) is 0 Å². The molecule has 9 nitrogen and oxygen atoms in total. The molecule has 5 amide bonds. The summed E-state index contributed by atoms with van der Waals surface area (Å²) in [4.78, 5) is 48.4. The molecule has 0 aromatic heterocycles. The summed E-state index contributed by atoms with van der Waals surface area (Å²) in [6, 6.07) is 16.2. The van der Waals surface area contributed by atoms with Crippen LogP contribution in [0.25, 0.3) is 0 Å². The topological polar surface area (TPSA) is 114 Å². The zero-order valence-electron chi connectivity index (χ0n) is 18.5. The molecule has 1 heterocycles. The van der Waals surface area contributed by atoms with Crippen LogP contribution in [0.2, 0.25) is 0 Å². The fourth-order valence-electron chi connectivity index (χ4n) is 3.42. The minimum absolute atomic E-state index is 0.100. The number of methoxy groups -OCH3 is 1. The highest BCUT2D eigenvalue weighted by atomic mass is 19.1. The molecule has 4 rings (SSSR count). The van der Waals surface area contributed by atoms with E-state index in [0.717, 1.165) is 4.90 Å². The van der Waals surface area contributed by atoms with Crippen molar-refractivity contribution >= 4 is 23.8 Å². The lowest BCUT2D eigenvalue weighted by atomic mass is 10.1. The lowest BCUT2D eigenvalue weighted by Crippen LogP contribution is -2.30. The molecule has 3 aromatic carbocycles. The van der Waals surface area contributed by atoms with Gasteiger partial charge in [0.15, 0.2) is 0 Å². The third-order valence-electron chi connectivity index (χ3n) is 5.20. The van der Waals surface area contributed by atoms with Crippen molar-refractivity contribution in [2.45, 2.75) is 13.1 Å². The van der Waals surface area contributed by atoms with Crippen LogP contribution in [0.3, 0.4) is 0 Å². The largest absolute Gasteiger partial charge is 0.496 e. The minimum atomic E-state index is -0.968. The van der Waals surface area contributed by atoms with E-state index in [9.17, 15) is 23.6 Å². The number of hydrogen-bond acceptors (Lipinski definition) is 6. The maximum Gasteiger partial charge on any atom is 0.331 e. The molecule has 0 saturated carbocycles. The molecule has 0 unspecified atom stereocenters. The fourth-order valence-corrected chi connectivity index (χ4v) is 3.42. The number of hydrogen-bond donors (Lipinski definition) is 2. The quantitative estimate of drug-likeness (QED) is 0.381. The molecule has 0 atom stereocenters. The molecule has 1 saturated heterocycles. The molecule has 1 fully saturated rings. The van der Waals surface area contributed by atoms with Crippen LogP contribution in [0, 0.1) is 5.82 Å². The first-order valence-electron chi connectivity index (χ1n) is 10.5. The normalized spacial score (nSPS) is 13.0. The Morgan fingerprint density at radius 1 is 0.971 bits per heavy atom. The molecule has 0 aliphatic carbocycles. The highest BCUT2D eigenvalue weighted by Crippen LogP contribution is 2.23. The maximum atomic E-state index is 13.0. The van der Waals surface area contributed by atoms with E-state index in [2.05, 4.69) is 5.32 Å². The number of imide groups is 2. The molecule has 1 aliphatic heterocycles. The van der Waals surface area contributed by atoms with Gasteiger partial charge in [0.05, 0.1) is 13.7 Å². The summed E-state index contributed by atoms with van der Waals surface area (Å²) in [6.45, 7) is 0.0135. The Hall–Kier alpha value is -4.73. The first kappa shape index (κ1) is 23.4. The first-order valence-corrected chi connectivity index (χ1v) is 10.5. The van der Waals surface area contributed by atoms with Crippen LogP contribution in [-0.4, -0.2) is 35.8 Å². The Labute approximate surface area is 199 Å². The van der Waals surface area contributed by atoms with Crippen molar-refractivity contribution in [3.05, 3.63) is 89.2 Å². The van der Waals surface area contributed by atoms with Crippen LogP contribution in [0.1, 0.15) is 21.5 Å². The van der Waals surface area contributed by atoms with Gasteiger partial charge in [0.2, 0.25) is 0 Å². The Balaban J connectivity index is 1.40. The Bertz CT molecular complexity index is 1290. The summed E-state index contributed by atoms with van der Waals surface area (Å²) < 4.78 is 24.0. The number of nitrogens with zero attached hydrogens (tertiary/aromatic N) is 1. The van der Waals surface area contributed by atoms with E-state index in [4.69, 9.17) is 9.47 Å². The molecule has 35 heavy (non-hydrogen) atoms. The zero-order chi connectivity index (χ0) is 24.9. The number of ether oxygens (including phenoxy) is 2. The third-order valence-corrected chi connectivity index (χ3v) is 5.20. The highest BCUT2D eigenvalue weighted by molar-refractivity contribution is 6.44. The smallest absolute Gasteiger partial charge is 0.331 e. The van der Waals surface area contributed by atoms with Gasteiger partial charge in [0.25, 0.3) is 5.91 Å². The van der Waals surface area contributed by atoms with Crippen LogP contribution in [0.5, 0.6) is 17.2 Å². The Kier molecular flexibility index (Phi) is 6.72. The summed E-state index contributed by atoms with van der Waals surface area (Å²) >= 11 is 0. The van der Waals surface area contributed by atoms with E-state index in [1.54, 1.807) is 42.5 Å². The zero-order valence-corrected chi connectivity index (χ0v) is 18.5. The average molecular weight is 477 g/mol.